The van der Waals surface area contributed by atoms with E-state index in [-0.39, 0.29) is 5.91 Å². The summed E-state index contributed by atoms with van der Waals surface area (Å²) < 4.78 is 2.21. The molecule has 0 saturated heterocycles. The minimum atomic E-state index is -0.0990. The van der Waals surface area contributed by atoms with Crippen LogP contribution in [0.25, 0.3) is 11.2 Å². The lowest BCUT2D eigenvalue weighted by atomic mass is 9.95. The van der Waals surface area contributed by atoms with E-state index in [9.17, 15) is 4.79 Å². The standard InChI is InChI=1S/C25H27N7O/c1-17(33)27-19-12-14-20(15-13-19)28-23-22-24(32(16-26-22)21-10-6-3-7-11-21)31-25(30-23)29-18-8-4-2-5-9-18/h2,4-5,8-9,12-16,21H,3,6-7,10-11H2,1H3,(H,27,33)(H2,28,29,30,31). The molecule has 4 aromatic rings. The van der Waals surface area contributed by atoms with Crippen LogP contribution in [0.2, 0.25) is 0 Å². The first-order valence-corrected chi connectivity index (χ1v) is 11.4. The molecule has 0 aliphatic heterocycles. The minimum absolute atomic E-state index is 0.0990. The smallest absolute Gasteiger partial charge is 0.231 e. The summed E-state index contributed by atoms with van der Waals surface area (Å²) in [6.45, 7) is 1.49. The van der Waals surface area contributed by atoms with Crippen LogP contribution in [0.4, 0.5) is 28.8 Å². The molecule has 2 heterocycles. The molecule has 0 unspecified atom stereocenters. The lowest BCUT2D eigenvalue weighted by Crippen LogP contribution is -2.13. The first-order chi connectivity index (χ1) is 16.2. The van der Waals surface area contributed by atoms with Crippen molar-refractivity contribution in [1.82, 2.24) is 19.5 Å². The van der Waals surface area contributed by atoms with Crippen LogP contribution in [0, 0.1) is 0 Å². The minimum Gasteiger partial charge on any atom is -0.338 e. The quantitative estimate of drug-likeness (QED) is 0.351. The second-order valence-electron chi connectivity index (χ2n) is 8.39. The fourth-order valence-corrected chi connectivity index (χ4v) is 4.31. The maximum absolute atomic E-state index is 11.3. The van der Waals surface area contributed by atoms with Gasteiger partial charge in [0.25, 0.3) is 0 Å². The number of hydrogen-bond donors (Lipinski definition) is 3. The van der Waals surface area contributed by atoms with Gasteiger partial charge in [0.05, 0.1) is 6.33 Å². The van der Waals surface area contributed by atoms with Crippen LogP contribution in [0.5, 0.6) is 0 Å². The number of rotatable bonds is 6. The lowest BCUT2D eigenvalue weighted by molar-refractivity contribution is -0.114. The van der Waals surface area contributed by atoms with E-state index < -0.39 is 0 Å². The fourth-order valence-electron chi connectivity index (χ4n) is 4.31. The molecule has 1 fully saturated rings. The average molecular weight is 442 g/mol. The number of nitrogens with one attached hydrogen (secondary N) is 3. The third-order valence-electron chi connectivity index (χ3n) is 5.89. The van der Waals surface area contributed by atoms with Gasteiger partial charge in [0.15, 0.2) is 17.0 Å². The Morgan fingerprint density at radius 3 is 2.30 bits per heavy atom. The maximum atomic E-state index is 11.3. The zero-order valence-electron chi connectivity index (χ0n) is 18.6. The van der Waals surface area contributed by atoms with Crippen molar-refractivity contribution in [3.63, 3.8) is 0 Å². The largest absolute Gasteiger partial charge is 0.338 e. The topological polar surface area (TPSA) is 96.8 Å². The van der Waals surface area contributed by atoms with Gasteiger partial charge in [-0.05, 0) is 49.2 Å². The fraction of sp³-hybridized carbons (Fsp3) is 0.280. The number of fused-ring (bicyclic) bond motifs is 1. The number of para-hydroxylation sites is 1. The van der Waals surface area contributed by atoms with Gasteiger partial charge in [0.2, 0.25) is 11.9 Å². The zero-order valence-corrected chi connectivity index (χ0v) is 18.6. The van der Waals surface area contributed by atoms with Gasteiger partial charge in [-0.15, -0.1) is 0 Å². The molecule has 1 aliphatic rings. The first-order valence-electron chi connectivity index (χ1n) is 11.4. The molecule has 2 aromatic carbocycles. The number of imidazole rings is 1. The normalized spacial score (nSPS) is 14.2. The van der Waals surface area contributed by atoms with Crippen LogP contribution in [0.15, 0.2) is 60.9 Å². The summed E-state index contributed by atoms with van der Waals surface area (Å²) in [5.41, 5.74) is 4.08. The SMILES string of the molecule is CC(=O)Nc1ccc(Nc2nc(Nc3ccccc3)nc3c2ncn3C2CCCCC2)cc1. The van der Waals surface area contributed by atoms with E-state index in [4.69, 9.17) is 9.97 Å². The molecule has 5 rings (SSSR count). The highest BCUT2D eigenvalue weighted by Crippen LogP contribution is 2.33. The number of nitrogens with zero attached hydrogens (tertiary/aromatic N) is 4. The highest BCUT2D eigenvalue weighted by molar-refractivity contribution is 5.89. The number of anilines is 5. The molecule has 33 heavy (non-hydrogen) atoms. The van der Waals surface area contributed by atoms with Gasteiger partial charge in [-0.3, -0.25) is 4.79 Å². The predicted octanol–water partition coefficient (Wildman–Crippen LogP) is 5.78. The molecular formula is C25H27N7O. The van der Waals surface area contributed by atoms with Gasteiger partial charge in [-0.2, -0.15) is 9.97 Å². The van der Waals surface area contributed by atoms with Crippen molar-refractivity contribution in [3.8, 4) is 0 Å². The number of hydrogen-bond acceptors (Lipinski definition) is 6. The van der Waals surface area contributed by atoms with Crippen LogP contribution >= 0.6 is 0 Å². The van der Waals surface area contributed by atoms with E-state index >= 15 is 0 Å². The molecule has 0 bridgehead atoms. The Morgan fingerprint density at radius 1 is 0.879 bits per heavy atom. The Morgan fingerprint density at radius 2 is 1.58 bits per heavy atom. The molecular weight excluding hydrogens is 414 g/mol. The van der Waals surface area contributed by atoms with Crippen LogP contribution in [0.1, 0.15) is 45.1 Å². The lowest BCUT2D eigenvalue weighted by Gasteiger charge is -2.23. The van der Waals surface area contributed by atoms with Crippen molar-refractivity contribution in [2.24, 2.45) is 0 Å². The third kappa shape index (κ3) is 4.79. The summed E-state index contributed by atoms with van der Waals surface area (Å²) >= 11 is 0. The van der Waals surface area contributed by atoms with Crippen LogP contribution < -0.4 is 16.0 Å². The first kappa shape index (κ1) is 20.9. The van der Waals surface area contributed by atoms with Gasteiger partial charge in [-0.25, -0.2) is 4.98 Å². The van der Waals surface area contributed by atoms with E-state index in [0.29, 0.717) is 17.8 Å². The summed E-state index contributed by atoms with van der Waals surface area (Å²) in [5.74, 6) is 1.06. The molecule has 1 amide bonds. The van der Waals surface area contributed by atoms with E-state index in [2.05, 4.69) is 25.5 Å². The van der Waals surface area contributed by atoms with E-state index in [1.54, 1.807) is 0 Å². The summed E-state index contributed by atoms with van der Waals surface area (Å²) in [6.07, 6.45) is 7.94. The molecule has 2 aromatic heterocycles. The monoisotopic (exact) mass is 441 g/mol. The Hall–Kier alpha value is -3.94. The molecule has 0 atom stereocenters. The highest BCUT2D eigenvalue weighted by Gasteiger charge is 2.21. The summed E-state index contributed by atoms with van der Waals surface area (Å²) in [7, 11) is 0. The van der Waals surface area contributed by atoms with Crippen LogP contribution in [-0.4, -0.2) is 25.4 Å². The number of carbonyl (C=O) groups excluding carboxylic acids is 1. The maximum Gasteiger partial charge on any atom is 0.231 e. The Kier molecular flexibility index (Phi) is 5.89. The van der Waals surface area contributed by atoms with Crippen molar-refractivity contribution in [3.05, 3.63) is 60.9 Å². The molecule has 0 radical (unpaired) electrons. The van der Waals surface area contributed by atoms with Crippen molar-refractivity contribution in [2.45, 2.75) is 45.1 Å². The van der Waals surface area contributed by atoms with Crippen molar-refractivity contribution in [1.29, 1.82) is 0 Å². The second kappa shape index (κ2) is 9.28. The Bertz CT molecular complexity index is 1250. The summed E-state index contributed by atoms with van der Waals surface area (Å²) in [5, 5.41) is 9.50. The van der Waals surface area contributed by atoms with Gasteiger partial charge in [0, 0.05) is 30.0 Å². The highest BCUT2D eigenvalue weighted by atomic mass is 16.1. The molecule has 8 heteroatoms. The summed E-state index contributed by atoms with van der Waals surface area (Å²) in [6, 6.07) is 17.8. The molecule has 168 valence electrons. The van der Waals surface area contributed by atoms with Crippen molar-refractivity contribution >= 4 is 45.9 Å². The van der Waals surface area contributed by atoms with Gasteiger partial charge >= 0.3 is 0 Å². The van der Waals surface area contributed by atoms with Crippen LogP contribution in [-0.2, 0) is 4.79 Å². The number of benzene rings is 2. The average Bonchev–Trinajstić information content (AvgIpc) is 3.26. The zero-order chi connectivity index (χ0) is 22.6. The Balaban J connectivity index is 1.51. The van der Waals surface area contributed by atoms with Crippen molar-refractivity contribution in [2.75, 3.05) is 16.0 Å². The van der Waals surface area contributed by atoms with Gasteiger partial charge in [0.1, 0.15) is 0 Å². The van der Waals surface area contributed by atoms with Crippen LogP contribution in [0.3, 0.4) is 0 Å². The van der Waals surface area contributed by atoms with E-state index in [0.717, 1.165) is 41.1 Å². The Labute approximate surface area is 192 Å². The van der Waals surface area contributed by atoms with E-state index in [1.807, 2.05) is 60.9 Å². The van der Waals surface area contributed by atoms with Crippen molar-refractivity contribution < 1.29 is 4.79 Å². The number of amides is 1. The molecule has 3 N–H and O–H groups in total. The molecule has 0 spiro atoms. The third-order valence-corrected chi connectivity index (χ3v) is 5.89. The number of aromatic nitrogens is 4. The predicted molar refractivity (Wildman–Crippen MR) is 131 cm³/mol. The van der Waals surface area contributed by atoms with Gasteiger partial charge < -0.3 is 20.5 Å². The molecule has 8 nitrogen and oxygen atoms in total. The summed E-state index contributed by atoms with van der Waals surface area (Å²) in [4.78, 5) is 25.6. The van der Waals surface area contributed by atoms with Gasteiger partial charge in [-0.1, -0.05) is 37.5 Å². The molecule has 1 saturated carbocycles. The van der Waals surface area contributed by atoms with E-state index in [1.165, 1.54) is 26.2 Å². The second-order valence-corrected chi connectivity index (χ2v) is 8.39. The molecule has 1 aliphatic carbocycles. The number of carbonyl (C=O) groups is 1.